The molecule has 1 fully saturated rings. The number of aliphatic hydroxyl groups excluding tert-OH is 3. The van der Waals surface area contributed by atoms with Crippen LogP contribution in [0.3, 0.4) is 0 Å². The predicted octanol–water partition coefficient (Wildman–Crippen LogP) is -0.178. The van der Waals surface area contributed by atoms with E-state index in [0.717, 1.165) is 21.0 Å². The van der Waals surface area contributed by atoms with E-state index in [1.807, 2.05) is 42.5 Å². The third kappa shape index (κ3) is 4.18. The molecule has 11 heteroatoms. The van der Waals surface area contributed by atoms with E-state index in [1.165, 1.54) is 19.5 Å². The quantitative estimate of drug-likeness (QED) is 0.304. The van der Waals surface area contributed by atoms with Crippen molar-refractivity contribution in [3.63, 3.8) is 0 Å². The number of hydrogen-bond donors (Lipinski definition) is 4. The fourth-order valence-electron chi connectivity index (χ4n) is 3.63. The Labute approximate surface area is 182 Å². The lowest BCUT2D eigenvalue weighted by Gasteiger charge is -2.40. The number of amides is 1. The number of oxime groups is 1. The molecule has 1 aliphatic rings. The normalized spacial score (nSPS) is 25.8. The molecule has 0 unspecified atom stereocenters. The minimum atomic E-state index is -1.42. The summed E-state index contributed by atoms with van der Waals surface area (Å²) in [7, 11) is 1.44. The molecule has 1 amide bonds. The standard InChI is InChI=1S/C21H23N5O6/c1-22-20(30)15-10-26(25-24-15)17-18(28)16(11-27)31-21(19(17)29)32-23-9-13-7-4-6-12-5-2-3-8-14(12)13/h2-10,16-19,21,27-29H,11H2,1H3,(H,22,30)/t16-,17+,18+,19-,21+/m1/s1. The van der Waals surface area contributed by atoms with Crippen LogP contribution in [0.25, 0.3) is 10.8 Å². The van der Waals surface area contributed by atoms with Crippen molar-refractivity contribution in [2.75, 3.05) is 13.7 Å². The van der Waals surface area contributed by atoms with Crippen LogP contribution in [0, 0.1) is 0 Å². The van der Waals surface area contributed by atoms with Crippen LogP contribution in [0.1, 0.15) is 22.1 Å². The highest BCUT2D eigenvalue weighted by Gasteiger charge is 2.47. The lowest BCUT2D eigenvalue weighted by Crippen LogP contribution is -2.56. The summed E-state index contributed by atoms with van der Waals surface area (Å²) in [5, 5.41) is 46.9. The van der Waals surface area contributed by atoms with Crippen LogP contribution in [0.2, 0.25) is 0 Å². The molecule has 4 N–H and O–H groups in total. The highest BCUT2D eigenvalue weighted by molar-refractivity contribution is 5.99. The van der Waals surface area contributed by atoms with Crippen molar-refractivity contribution in [2.24, 2.45) is 5.16 Å². The average Bonchev–Trinajstić information content (AvgIpc) is 3.30. The van der Waals surface area contributed by atoms with Crippen LogP contribution >= 0.6 is 0 Å². The van der Waals surface area contributed by atoms with Gasteiger partial charge in [-0.2, -0.15) is 0 Å². The molecule has 0 saturated carbocycles. The Morgan fingerprint density at radius 1 is 1.25 bits per heavy atom. The number of carbonyl (C=O) groups is 1. The average molecular weight is 441 g/mol. The second-order valence-electron chi connectivity index (χ2n) is 7.27. The Hall–Kier alpha value is -3.38. The molecule has 0 radical (unpaired) electrons. The summed E-state index contributed by atoms with van der Waals surface area (Å²) in [5.41, 5.74) is 0.806. The maximum absolute atomic E-state index is 11.8. The first kappa shape index (κ1) is 21.8. The number of rotatable bonds is 6. The Morgan fingerprint density at radius 2 is 2.03 bits per heavy atom. The van der Waals surface area contributed by atoms with Crippen LogP contribution in [0.15, 0.2) is 53.8 Å². The Balaban J connectivity index is 1.55. The number of nitrogens with zero attached hydrogens (tertiary/aromatic N) is 4. The minimum Gasteiger partial charge on any atom is -0.394 e. The second-order valence-corrected chi connectivity index (χ2v) is 7.27. The maximum Gasteiger partial charge on any atom is 0.273 e. The molecule has 11 nitrogen and oxygen atoms in total. The van der Waals surface area contributed by atoms with Crippen molar-refractivity contribution < 1.29 is 29.7 Å². The molecule has 0 spiro atoms. The van der Waals surface area contributed by atoms with E-state index in [4.69, 9.17) is 9.57 Å². The number of aromatic nitrogens is 3. The predicted molar refractivity (Wildman–Crippen MR) is 113 cm³/mol. The number of nitrogens with one attached hydrogen (secondary N) is 1. The van der Waals surface area contributed by atoms with Crippen LogP contribution < -0.4 is 5.32 Å². The Bertz CT molecular complexity index is 1110. The molecule has 2 aromatic carbocycles. The van der Waals surface area contributed by atoms with Crippen molar-refractivity contribution >= 4 is 22.9 Å². The van der Waals surface area contributed by atoms with Gasteiger partial charge in [-0.1, -0.05) is 52.8 Å². The number of fused-ring (bicyclic) bond motifs is 1. The van der Waals surface area contributed by atoms with Crippen LogP contribution in [-0.4, -0.2) is 80.7 Å². The summed E-state index contributed by atoms with van der Waals surface area (Å²) in [4.78, 5) is 17.2. The van der Waals surface area contributed by atoms with Crippen molar-refractivity contribution in [1.82, 2.24) is 20.3 Å². The lowest BCUT2D eigenvalue weighted by atomic mass is 9.96. The number of aliphatic hydroxyl groups is 3. The van der Waals surface area contributed by atoms with E-state index in [1.54, 1.807) is 0 Å². The zero-order valence-corrected chi connectivity index (χ0v) is 17.1. The SMILES string of the molecule is CNC(=O)c1cn([C@H]2[C@@H](O)[C@@H](CO)O[C@@H](ON=Cc3cccc4ccccc34)[C@@H]2O)nn1. The smallest absolute Gasteiger partial charge is 0.273 e. The Kier molecular flexibility index (Phi) is 6.42. The molecule has 3 aromatic rings. The van der Waals surface area contributed by atoms with E-state index in [9.17, 15) is 20.1 Å². The molecule has 1 aliphatic heterocycles. The van der Waals surface area contributed by atoms with Gasteiger partial charge in [-0.3, -0.25) is 4.79 Å². The first-order valence-corrected chi connectivity index (χ1v) is 9.96. The Morgan fingerprint density at radius 3 is 2.81 bits per heavy atom. The van der Waals surface area contributed by atoms with E-state index in [0.29, 0.717) is 0 Å². The number of benzene rings is 2. The monoisotopic (exact) mass is 441 g/mol. The molecule has 1 aromatic heterocycles. The third-order valence-corrected chi connectivity index (χ3v) is 5.30. The van der Waals surface area contributed by atoms with Gasteiger partial charge in [0.05, 0.1) is 19.0 Å². The maximum atomic E-state index is 11.8. The summed E-state index contributed by atoms with van der Waals surface area (Å²) in [6.07, 6.45) is -2.36. The van der Waals surface area contributed by atoms with Crippen molar-refractivity contribution in [3.05, 3.63) is 59.9 Å². The van der Waals surface area contributed by atoms with Crippen LogP contribution in [-0.2, 0) is 9.57 Å². The molecule has 2 heterocycles. The zero-order chi connectivity index (χ0) is 22.7. The van der Waals surface area contributed by atoms with Gasteiger partial charge in [0.15, 0.2) is 5.69 Å². The van der Waals surface area contributed by atoms with Gasteiger partial charge in [-0.25, -0.2) is 4.68 Å². The van der Waals surface area contributed by atoms with Gasteiger partial charge in [0.25, 0.3) is 12.2 Å². The van der Waals surface area contributed by atoms with E-state index >= 15 is 0 Å². The molecular weight excluding hydrogens is 418 g/mol. The molecule has 1 saturated heterocycles. The van der Waals surface area contributed by atoms with Crippen molar-refractivity contribution in [3.8, 4) is 0 Å². The first-order chi connectivity index (χ1) is 15.5. The first-order valence-electron chi connectivity index (χ1n) is 9.96. The van der Waals surface area contributed by atoms with Gasteiger partial charge < -0.3 is 30.2 Å². The molecule has 5 atom stereocenters. The van der Waals surface area contributed by atoms with Gasteiger partial charge in [0.2, 0.25) is 0 Å². The van der Waals surface area contributed by atoms with Gasteiger partial charge in [0.1, 0.15) is 24.4 Å². The molecular formula is C21H23N5O6. The van der Waals surface area contributed by atoms with Gasteiger partial charge >= 0.3 is 0 Å². The van der Waals surface area contributed by atoms with Gasteiger partial charge in [-0.05, 0) is 10.8 Å². The molecule has 4 rings (SSSR count). The zero-order valence-electron chi connectivity index (χ0n) is 17.1. The second kappa shape index (κ2) is 9.40. The van der Waals surface area contributed by atoms with Crippen molar-refractivity contribution in [1.29, 1.82) is 0 Å². The lowest BCUT2D eigenvalue weighted by molar-refractivity contribution is -0.287. The highest BCUT2D eigenvalue weighted by atomic mass is 16.8. The molecule has 168 valence electrons. The van der Waals surface area contributed by atoms with E-state index in [-0.39, 0.29) is 5.69 Å². The van der Waals surface area contributed by atoms with E-state index < -0.39 is 43.2 Å². The topological polar surface area (TPSA) is 151 Å². The number of ether oxygens (including phenoxy) is 1. The van der Waals surface area contributed by atoms with Crippen LogP contribution in [0.4, 0.5) is 0 Å². The molecule has 32 heavy (non-hydrogen) atoms. The number of hydrogen-bond acceptors (Lipinski definition) is 9. The summed E-state index contributed by atoms with van der Waals surface area (Å²) in [5.74, 6) is -0.474. The fourth-order valence-corrected chi connectivity index (χ4v) is 3.63. The van der Waals surface area contributed by atoms with Gasteiger partial charge in [-0.15, -0.1) is 5.10 Å². The molecule has 0 bridgehead atoms. The highest BCUT2D eigenvalue weighted by Crippen LogP contribution is 2.30. The fraction of sp³-hybridized carbons (Fsp3) is 0.333. The largest absolute Gasteiger partial charge is 0.394 e. The van der Waals surface area contributed by atoms with Crippen molar-refractivity contribution in [2.45, 2.75) is 30.6 Å². The van der Waals surface area contributed by atoms with E-state index in [2.05, 4.69) is 20.8 Å². The number of carbonyl (C=O) groups excluding carboxylic acids is 1. The summed E-state index contributed by atoms with van der Waals surface area (Å²) < 4.78 is 6.63. The minimum absolute atomic E-state index is 0.00499. The third-order valence-electron chi connectivity index (χ3n) is 5.30. The summed E-state index contributed by atoms with van der Waals surface area (Å²) in [6.45, 7) is -0.533. The summed E-state index contributed by atoms with van der Waals surface area (Å²) in [6, 6.07) is 12.4. The van der Waals surface area contributed by atoms with Gasteiger partial charge in [0, 0.05) is 12.6 Å². The molecule has 0 aliphatic carbocycles. The summed E-state index contributed by atoms with van der Waals surface area (Å²) >= 11 is 0. The van der Waals surface area contributed by atoms with Crippen LogP contribution in [0.5, 0.6) is 0 Å².